The Hall–Kier alpha value is -2.24. The van der Waals surface area contributed by atoms with Gasteiger partial charge in [0.1, 0.15) is 18.2 Å². The molecular formula is C32H59N3O8. The number of aliphatic hydroxyl groups excluding tert-OH is 3. The molecule has 3 amide bonds. The van der Waals surface area contributed by atoms with E-state index in [2.05, 4.69) is 22.9 Å². The third-order valence-corrected chi connectivity index (χ3v) is 8.50. The average molecular weight is 614 g/mol. The maximum absolute atomic E-state index is 13.2. The van der Waals surface area contributed by atoms with Crippen LogP contribution in [0.4, 0.5) is 0 Å². The van der Waals surface area contributed by atoms with Crippen molar-refractivity contribution < 1.29 is 39.2 Å². The smallest absolute Gasteiger partial charge is 0.331 e. The molecule has 1 fully saturated rings. The Morgan fingerprint density at radius 3 is 1.72 bits per heavy atom. The lowest BCUT2D eigenvalue weighted by molar-refractivity contribution is -0.160. The SMILES string of the molecule is CCCCCCCCCCCCCC1OC(=O)C(CO)NC(=O)[C@H]([C@@H](C)O)NC(=O)C(C(C)C)NC(=O)[C@H](C)[C@H](O)[C@H]1C. The minimum absolute atomic E-state index is 0.372. The number of hydrogen-bond donors (Lipinski definition) is 6. The van der Waals surface area contributed by atoms with Gasteiger partial charge < -0.3 is 36.0 Å². The number of carbonyl (C=O) groups excluding carboxylic acids is 4. The molecule has 0 aliphatic carbocycles. The molecule has 1 aliphatic rings. The molecule has 0 aromatic rings. The Bertz CT molecular complexity index is 852. The number of esters is 1. The number of nitrogens with one attached hydrogen (secondary N) is 3. The van der Waals surface area contributed by atoms with Gasteiger partial charge >= 0.3 is 5.97 Å². The number of ether oxygens (including phenoxy) is 1. The third kappa shape index (κ3) is 13.5. The van der Waals surface area contributed by atoms with Crippen molar-refractivity contribution in [1.29, 1.82) is 0 Å². The van der Waals surface area contributed by atoms with Crippen LogP contribution in [0.25, 0.3) is 0 Å². The van der Waals surface area contributed by atoms with E-state index < -0.39 is 78.6 Å². The molecule has 1 heterocycles. The molecule has 1 rings (SSSR count). The van der Waals surface area contributed by atoms with Gasteiger partial charge in [0.05, 0.1) is 24.7 Å². The molecule has 43 heavy (non-hydrogen) atoms. The van der Waals surface area contributed by atoms with Gasteiger partial charge in [-0.15, -0.1) is 0 Å². The molecule has 0 bridgehead atoms. The predicted octanol–water partition coefficient (Wildman–Crippen LogP) is 2.73. The lowest BCUT2D eigenvalue weighted by atomic mass is 9.86. The summed E-state index contributed by atoms with van der Waals surface area (Å²) >= 11 is 0. The number of rotatable bonds is 15. The number of amides is 3. The molecule has 0 aromatic carbocycles. The van der Waals surface area contributed by atoms with E-state index in [1.54, 1.807) is 27.7 Å². The van der Waals surface area contributed by atoms with Gasteiger partial charge in [0.25, 0.3) is 0 Å². The first-order valence-corrected chi connectivity index (χ1v) is 16.4. The van der Waals surface area contributed by atoms with E-state index in [-0.39, 0.29) is 5.92 Å². The molecule has 0 spiro atoms. The number of carbonyl (C=O) groups is 4. The molecule has 0 radical (unpaired) electrons. The first-order chi connectivity index (χ1) is 20.3. The highest BCUT2D eigenvalue weighted by atomic mass is 16.5. The standard InChI is InChI=1S/C32H59N3O8/c1-7-8-9-10-11-12-13-14-15-16-17-18-25-21(4)28(38)22(5)29(39)34-26(20(2)3)30(40)35-27(23(6)37)31(41)33-24(19-36)32(42)43-25/h20-28,36-38H,7-19H2,1-6H3,(H,33,41)(H,34,39)(H,35,40)/t21-,22+,23+,24?,25?,26?,27-,28+/m0/s1. The predicted molar refractivity (Wildman–Crippen MR) is 165 cm³/mol. The molecule has 1 saturated heterocycles. The fourth-order valence-electron chi connectivity index (χ4n) is 5.41. The molecule has 6 N–H and O–H groups in total. The Kier molecular flexibility index (Phi) is 18.6. The summed E-state index contributed by atoms with van der Waals surface area (Å²) in [6, 6.07) is -3.94. The van der Waals surface area contributed by atoms with Crippen LogP contribution in [-0.4, -0.2) is 82.1 Å². The lowest BCUT2D eigenvalue weighted by Gasteiger charge is -2.32. The van der Waals surface area contributed by atoms with E-state index in [0.29, 0.717) is 6.42 Å². The lowest BCUT2D eigenvalue weighted by Crippen LogP contribution is -2.60. The summed E-state index contributed by atoms with van der Waals surface area (Å²) in [6.07, 6.45) is 9.76. The van der Waals surface area contributed by atoms with E-state index in [1.165, 1.54) is 51.9 Å². The van der Waals surface area contributed by atoms with Crippen molar-refractivity contribution in [2.45, 2.75) is 155 Å². The highest BCUT2D eigenvalue weighted by Gasteiger charge is 2.39. The van der Waals surface area contributed by atoms with Crippen molar-refractivity contribution in [3.05, 3.63) is 0 Å². The third-order valence-electron chi connectivity index (χ3n) is 8.50. The van der Waals surface area contributed by atoms with Crippen molar-refractivity contribution >= 4 is 23.7 Å². The van der Waals surface area contributed by atoms with Crippen LogP contribution < -0.4 is 16.0 Å². The summed E-state index contributed by atoms with van der Waals surface area (Å²) < 4.78 is 5.76. The van der Waals surface area contributed by atoms with Crippen LogP contribution >= 0.6 is 0 Å². The Morgan fingerprint density at radius 1 is 0.744 bits per heavy atom. The van der Waals surface area contributed by atoms with Gasteiger partial charge in [-0.2, -0.15) is 0 Å². The summed E-state index contributed by atoms with van der Waals surface area (Å²) in [5.74, 6) is -5.00. The molecule has 0 aromatic heterocycles. The fraction of sp³-hybridized carbons (Fsp3) is 0.875. The largest absolute Gasteiger partial charge is 0.460 e. The zero-order valence-electron chi connectivity index (χ0n) is 27.3. The second kappa shape index (κ2) is 20.7. The monoisotopic (exact) mass is 613 g/mol. The molecule has 1 aliphatic heterocycles. The van der Waals surface area contributed by atoms with Gasteiger partial charge in [-0.05, 0) is 25.7 Å². The van der Waals surface area contributed by atoms with Gasteiger partial charge in [0.15, 0.2) is 6.04 Å². The van der Waals surface area contributed by atoms with Gasteiger partial charge in [0.2, 0.25) is 17.7 Å². The van der Waals surface area contributed by atoms with Crippen molar-refractivity contribution in [2.24, 2.45) is 17.8 Å². The van der Waals surface area contributed by atoms with E-state index in [0.717, 1.165) is 25.7 Å². The topological polar surface area (TPSA) is 174 Å². The van der Waals surface area contributed by atoms with Crippen LogP contribution in [0.3, 0.4) is 0 Å². The van der Waals surface area contributed by atoms with Crippen LogP contribution in [0, 0.1) is 17.8 Å². The summed E-state index contributed by atoms with van der Waals surface area (Å²) in [6.45, 7) is 9.44. The fourth-order valence-corrected chi connectivity index (χ4v) is 5.41. The average Bonchev–Trinajstić information content (AvgIpc) is 2.96. The van der Waals surface area contributed by atoms with E-state index in [1.807, 2.05) is 0 Å². The number of aliphatic hydroxyl groups is 3. The van der Waals surface area contributed by atoms with E-state index in [9.17, 15) is 34.5 Å². The van der Waals surface area contributed by atoms with Crippen LogP contribution in [0.5, 0.6) is 0 Å². The normalized spacial score (nSPS) is 28.7. The summed E-state index contributed by atoms with van der Waals surface area (Å²) in [5, 5.41) is 38.8. The Morgan fingerprint density at radius 2 is 1.23 bits per heavy atom. The second-order valence-electron chi connectivity index (χ2n) is 12.6. The number of cyclic esters (lactones) is 1. The van der Waals surface area contributed by atoms with Gasteiger partial charge in [0, 0.05) is 5.92 Å². The summed E-state index contributed by atoms with van der Waals surface area (Å²) in [5.41, 5.74) is 0. The van der Waals surface area contributed by atoms with E-state index in [4.69, 9.17) is 4.74 Å². The number of unbranched alkanes of at least 4 members (excludes halogenated alkanes) is 10. The van der Waals surface area contributed by atoms with Gasteiger partial charge in [-0.3, -0.25) is 14.4 Å². The molecule has 8 atom stereocenters. The highest BCUT2D eigenvalue weighted by molar-refractivity contribution is 5.94. The zero-order chi connectivity index (χ0) is 32.5. The van der Waals surface area contributed by atoms with Crippen molar-refractivity contribution in [3.63, 3.8) is 0 Å². The van der Waals surface area contributed by atoms with Crippen LogP contribution in [0.1, 0.15) is 119 Å². The van der Waals surface area contributed by atoms with E-state index >= 15 is 0 Å². The quantitative estimate of drug-likeness (QED) is 0.121. The Balaban J connectivity index is 3.05. The summed E-state index contributed by atoms with van der Waals surface area (Å²) in [7, 11) is 0. The van der Waals surface area contributed by atoms with Gasteiger partial charge in [-0.25, -0.2) is 4.79 Å². The van der Waals surface area contributed by atoms with Crippen molar-refractivity contribution in [3.8, 4) is 0 Å². The molecule has 250 valence electrons. The molecule has 11 nitrogen and oxygen atoms in total. The zero-order valence-corrected chi connectivity index (χ0v) is 27.3. The minimum atomic E-state index is -1.45. The summed E-state index contributed by atoms with van der Waals surface area (Å²) in [4.78, 5) is 52.3. The van der Waals surface area contributed by atoms with Crippen LogP contribution in [-0.2, 0) is 23.9 Å². The first kappa shape index (κ1) is 38.8. The van der Waals surface area contributed by atoms with Gasteiger partial charge in [-0.1, -0.05) is 98.8 Å². The highest BCUT2D eigenvalue weighted by Crippen LogP contribution is 2.25. The van der Waals surface area contributed by atoms with Crippen LogP contribution in [0.2, 0.25) is 0 Å². The first-order valence-electron chi connectivity index (χ1n) is 16.4. The molecule has 3 unspecified atom stereocenters. The Labute approximate surface area is 258 Å². The maximum atomic E-state index is 13.2. The molecular weight excluding hydrogens is 554 g/mol. The number of hydrogen-bond acceptors (Lipinski definition) is 8. The van der Waals surface area contributed by atoms with Crippen molar-refractivity contribution in [1.82, 2.24) is 16.0 Å². The second-order valence-corrected chi connectivity index (χ2v) is 12.6. The molecule has 11 heteroatoms. The minimum Gasteiger partial charge on any atom is -0.460 e. The maximum Gasteiger partial charge on any atom is 0.331 e. The van der Waals surface area contributed by atoms with Crippen LogP contribution in [0.15, 0.2) is 0 Å². The molecule has 0 saturated carbocycles. The van der Waals surface area contributed by atoms with Crippen molar-refractivity contribution in [2.75, 3.05) is 6.61 Å².